The van der Waals surface area contributed by atoms with Gasteiger partial charge in [-0.25, -0.2) is 9.97 Å². The minimum atomic E-state index is -0.197. The molecule has 0 atom stereocenters. The number of para-hydroxylation sites is 2. The maximum Gasteiger partial charge on any atom is 0.220 e. The molecule has 25 heavy (non-hydrogen) atoms. The van der Waals surface area contributed by atoms with Crippen molar-refractivity contribution in [3.05, 3.63) is 24.3 Å². The second-order valence-electron chi connectivity index (χ2n) is 6.62. The van der Waals surface area contributed by atoms with Gasteiger partial charge < -0.3 is 20.3 Å². The molecule has 2 N–H and O–H groups in total. The first kappa shape index (κ1) is 16.1. The predicted molar refractivity (Wildman–Crippen MR) is 96.7 cm³/mol. The summed E-state index contributed by atoms with van der Waals surface area (Å²) in [6, 6.07) is 7.95. The van der Waals surface area contributed by atoms with Crippen LogP contribution in [0.3, 0.4) is 0 Å². The van der Waals surface area contributed by atoms with Gasteiger partial charge in [-0.3, -0.25) is 4.79 Å². The molecule has 2 aromatic rings. The van der Waals surface area contributed by atoms with Gasteiger partial charge in [0.05, 0.1) is 24.2 Å². The maximum atomic E-state index is 11.4. The molecule has 0 saturated carbocycles. The van der Waals surface area contributed by atoms with E-state index in [0.717, 1.165) is 61.7 Å². The van der Waals surface area contributed by atoms with E-state index in [1.165, 1.54) is 0 Å². The van der Waals surface area contributed by atoms with Crippen molar-refractivity contribution in [2.45, 2.75) is 12.8 Å². The molecule has 0 radical (unpaired) electrons. The second-order valence-corrected chi connectivity index (χ2v) is 6.62. The van der Waals surface area contributed by atoms with Gasteiger partial charge in [0, 0.05) is 32.1 Å². The highest BCUT2D eigenvalue weighted by molar-refractivity contribution is 5.81. The Morgan fingerprint density at radius 1 is 0.960 bits per heavy atom. The lowest BCUT2D eigenvalue weighted by atomic mass is 9.96. The zero-order valence-electron chi connectivity index (χ0n) is 14.2. The van der Waals surface area contributed by atoms with E-state index < -0.39 is 0 Å². The van der Waals surface area contributed by atoms with E-state index in [0.29, 0.717) is 13.2 Å². The van der Waals surface area contributed by atoms with Gasteiger partial charge in [0.15, 0.2) is 11.6 Å². The van der Waals surface area contributed by atoms with E-state index >= 15 is 0 Å². The molecule has 7 nitrogen and oxygen atoms in total. The quantitative estimate of drug-likeness (QED) is 0.902. The Balaban J connectivity index is 1.69. The van der Waals surface area contributed by atoms with Gasteiger partial charge in [-0.15, -0.1) is 0 Å². The highest BCUT2D eigenvalue weighted by Crippen LogP contribution is 2.31. The standard InChI is InChI=1S/C18H23N5O2/c19-16(24)13-5-7-22(8-6-13)17-18(23-9-11-25-12-10-23)21-15-4-2-1-3-14(15)20-17/h1-4,13H,5-12H2,(H2,19,24). The lowest BCUT2D eigenvalue weighted by Gasteiger charge is -2.35. The summed E-state index contributed by atoms with van der Waals surface area (Å²) in [5.74, 6) is 1.59. The number of fused-ring (bicyclic) bond motifs is 1. The summed E-state index contributed by atoms with van der Waals surface area (Å²) >= 11 is 0. The monoisotopic (exact) mass is 341 g/mol. The number of primary amides is 1. The summed E-state index contributed by atoms with van der Waals surface area (Å²) in [5.41, 5.74) is 7.26. The Kier molecular flexibility index (Phi) is 4.40. The molecule has 0 spiro atoms. The van der Waals surface area contributed by atoms with Crippen LogP contribution in [0.2, 0.25) is 0 Å². The third-order valence-corrected chi connectivity index (χ3v) is 5.04. The van der Waals surface area contributed by atoms with Crippen LogP contribution in [0, 0.1) is 5.92 Å². The first-order chi connectivity index (χ1) is 12.2. The third-order valence-electron chi connectivity index (χ3n) is 5.04. The molecule has 0 aliphatic carbocycles. The third kappa shape index (κ3) is 3.24. The molecule has 2 aliphatic rings. The van der Waals surface area contributed by atoms with Crippen LogP contribution in [0.1, 0.15) is 12.8 Å². The van der Waals surface area contributed by atoms with Crippen molar-refractivity contribution in [1.29, 1.82) is 0 Å². The van der Waals surface area contributed by atoms with E-state index in [4.69, 9.17) is 20.4 Å². The van der Waals surface area contributed by atoms with E-state index in [-0.39, 0.29) is 11.8 Å². The highest BCUT2D eigenvalue weighted by atomic mass is 16.5. The summed E-state index contributed by atoms with van der Waals surface area (Å²) in [6.07, 6.45) is 1.54. The number of morpholine rings is 1. The van der Waals surface area contributed by atoms with Gasteiger partial charge in [-0.05, 0) is 25.0 Å². The molecule has 1 amide bonds. The number of aromatic nitrogens is 2. The number of amides is 1. The van der Waals surface area contributed by atoms with Crippen molar-refractivity contribution in [3.63, 3.8) is 0 Å². The normalized spacial score (nSPS) is 19.4. The first-order valence-corrected chi connectivity index (χ1v) is 8.86. The molecule has 7 heteroatoms. The first-order valence-electron chi connectivity index (χ1n) is 8.86. The summed E-state index contributed by atoms with van der Waals surface area (Å²) < 4.78 is 5.48. The van der Waals surface area contributed by atoms with Crippen molar-refractivity contribution in [2.75, 3.05) is 49.2 Å². The lowest BCUT2D eigenvalue weighted by Crippen LogP contribution is -2.42. The van der Waals surface area contributed by atoms with Crippen LogP contribution < -0.4 is 15.5 Å². The molecular weight excluding hydrogens is 318 g/mol. The summed E-state index contributed by atoms with van der Waals surface area (Å²) in [4.78, 5) is 25.7. The molecule has 1 aromatic heterocycles. The van der Waals surface area contributed by atoms with E-state index in [2.05, 4.69) is 9.80 Å². The number of benzene rings is 1. The smallest absolute Gasteiger partial charge is 0.220 e. The Bertz CT molecular complexity index is 767. The number of carbonyl (C=O) groups is 1. The average Bonchev–Trinajstić information content (AvgIpc) is 2.68. The van der Waals surface area contributed by atoms with E-state index in [1.54, 1.807) is 0 Å². The Hall–Kier alpha value is -2.41. The Morgan fingerprint density at radius 3 is 2.00 bits per heavy atom. The van der Waals surface area contributed by atoms with Crippen molar-refractivity contribution in [1.82, 2.24) is 9.97 Å². The fourth-order valence-electron chi connectivity index (χ4n) is 3.56. The summed E-state index contributed by atoms with van der Waals surface area (Å²) in [6.45, 7) is 4.60. The number of nitrogens with zero attached hydrogens (tertiary/aromatic N) is 4. The number of hydrogen-bond donors (Lipinski definition) is 1. The number of anilines is 2. The highest BCUT2D eigenvalue weighted by Gasteiger charge is 2.28. The fourth-order valence-corrected chi connectivity index (χ4v) is 3.56. The zero-order chi connectivity index (χ0) is 17.2. The predicted octanol–water partition coefficient (Wildman–Crippen LogP) is 1.17. The van der Waals surface area contributed by atoms with Gasteiger partial charge >= 0.3 is 0 Å². The van der Waals surface area contributed by atoms with Gasteiger partial charge in [-0.2, -0.15) is 0 Å². The molecule has 0 bridgehead atoms. The van der Waals surface area contributed by atoms with Crippen LogP contribution in [0.5, 0.6) is 0 Å². The van der Waals surface area contributed by atoms with Crippen LogP contribution in [0.25, 0.3) is 11.0 Å². The number of rotatable bonds is 3. The summed E-state index contributed by atoms with van der Waals surface area (Å²) in [5, 5.41) is 0. The molecule has 1 aromatic carbocycles. The zero-order valence-corrected chi connectivity index (χ0v) is 14.2. The fraction of sp³-hybridized carbons (Fsp3) is 0.500. The largest absolute Gasteiger partial charge is 0.378 e. The van der Waals surface area contributed by atoms with Gasteiger partial charge in [0.25, 0.3) is 0 Å². The number of hydrogen-bond acceptors (Lipinski definition) is 6. The Morgan fingerprint density at radius 2 is 1.48 bits per heavy atom. The van der Waals surface area contributed by atoms with Crippen molar-refractivity contribution in [3.8, 4) is 0 Å². The van der Waals surface area contributed by atoms with E-state index in [9.17, 15) is 4.79 Å². The Labute approximate surface area is 146 Å². The molecule has 0 unspecified atom stereocenters. The van der Waals surface area contributed by atoms with Crippen molar-refractivity contribution < 1.29 is 9.53 Å². The van der Waals surface area contributed by atoms with Crippen LogP contribution in [-0.2, 0) is 9.53 Å². The number of ether oxygens (including phenoxy) is 1. The van der Waals surface area contributed by atoms with Gasteiger partial charge in [0.1, 0.15) is 0 Å². The van der Waals surface area contributed by atoms with E-state index in [1.807, 2.05) is 24.3 Å². The van der Waals surface area contributed by atoms with Crippen molar-refractivity contribution >= 4 is 28.6 Å². The molecule has 3 heterocycles. The second kappa shape index (κ2) is 6.84. The van der Waals surface area contributed by atoms with Crippen LogP contribution in [0.4, 0.5) is 11.6 Å². The van der Waals surface area contributed by atoms with Gasteiger partial charge in [0.2, 0.25) is 5.91 Å². The number of carbonyl (C=O) groups excluding carboxylic acids is 1. The van der Waals surface area contributed by atoms with Crippen LogP contribution in [0.15, 0.2) is 24.3 Å². The number of piperidine rings is 1. The molecule has 2 saturated heterocycles. The van der Waals surface area contributed by atoms with Crippen LogP contribution >= 0.6 is 0 Å². The molecular formula is C18H23N5O2. The lowest BCUT2D eigenvalue weighted by molar-refractivity contribution is -0.122. The number of nitrogens with two attached hydrogens (primary N) is 1. The molecule has 2 fully saturated rings. The SMILES string of the molecule is NC(=O)C1CCN(c2nc3ccccc3nc2N2CCOCC2)CC1. The maximum absolute atomic E-state index is 11.4. The minimum Gasteiger partial charge on any atom is -0.378 e. The average molecular weight is 341 g/mol. The van der Waals surface area contributed by atoms with Crippen molar-refractivity contribution in [2.24, 2.45) is 11.7 Å². The minimum absolute atomic E-state index is 0.0310. The summed E-state index contributed by atoms with van der Waals surface area (Å²) in [7, 11) is 0. The molecule has 132 valence electrons. The topological polar surface area (TPSA) is 84.6 Å². The molecule has 2 aliphatic heterocycles. The molecule has 4 rings (SSSR count). The van der Waals surface area contributed by atoms with Gasteiger partial charge in [-0.1, -0.05) is 12.1 Å². The van der Waals surface area contributed by atoms with Crippen LogP contribution in [-0.4, -0.2) is 55.3 Å².